The SMILES string of the molecule is CCC1SC(C=O)N(Cc2ccc(NC(=O)c3ccc[nH]3)cc2)N=C1c1ccc(CS(=O)O)cc1. The Morgan fingerprint density at radius 3 is 2.49 bits per heavy atom. The van der Waals surface area contributed by atoms with E-state index in [0.29, 0.717) is 17.9 Å². The van der Waals surface area contributed by atoms with Crippen LogP contribution < -0.4 is 5.32 Å². The van der Waals surface area contributed by atoms with Crippen molar-refractivity contribution in [1.82, 2.24) is 9.99 Å². The predicted molar refractivity (Wildman–Crippen MR) is 140 cm³/mol. The molecule has 0 aliphatic carbocycles. The number of aromatic nitrogens is 1. The van der Waals surface area contributed by atoms with Gasteiger partial charge in [-0.2, -0.15) is 5.10 Å². The summed E-state index contributed by atoms with van der Waals surface area (Å²) in [7, 11) is 0. The molecule has 3 unspecified atom stereocenters. The first-order valence-corrected chi connectivity index (χ1v) is 13.3. The molecule has 0 saturated carbocycles. The van der Waals surface area contributed by atoms with Crippen LogP contribution in [-0.2, 0) is 28.2 Å². The van der Waals surface area contributed by atoms with Gasteiger partial charge < -0.3 is 19.6 Å². The Labute approximate surface area is 210 Å². The quantitative estimate of drug-likeness (QED) is 0.293. The summed E-state index contributed by atoms with van der Waals surface area (Å²) in [4.78, 5) is 27.0. The van der Waals surface area contributed by atoms with E-state index in [9.17, 15) is 13.8 Å². The topological polar surface area (TPSA) is 115 Å². The minimum absolute atomic E-state index is 0.0600. The minimum atomic E-state index is -1.89. The molecule has 0 bridgehead atoms. The van der Waals surface area contributed by atoms with Crippen molar-refractivity contribution in [2.75, 3.05) is 5.32 Å². The highest BCUT2D eigenvalue weighted by molar-refractivity contribution is 8.01. The summed E-state index contributed by atoms with van der Waals surface area (Å²) < 4.78 is 20.2. The van der Waals surface area contributed by atoms with Gasteiger partial charge in [-0.25, -0.2) is 4.21 Å². The zero-order valence-electron chi connectivity index (χ0n) is 19.1. The molecule has 35 heavy (non-hydrogen) atoms. The molecule has 182 valence electrons. The molecule has 3 atom stereocenters. The van der Waals surface area contributed by atoms with Crippen LogP contribution in [0.2, 0.25) is 0 Å². The van der Waals surface area contributed by atoms with Crippen LogP contribution in [0, 0.1) is 0 Å². The summed E-state index contributed by atoms with van der Waals surface area (Å²) in [5, 5.41) is 9.14. The number of nitrogens with zero attached hydrogens (tertiary/aromatic N) is 2. The van der Waals surface area contributed by atoms with Crippen LogP contribution in [-0.4, -0.2) is 47.3 Å². The summed E-state index contributed by atoms with van der Waals surface area (Å²) >= 11 is -0.326. The lowest BCUT2D eigenvalue weighted by Crippen LogP contribution is -2.39. The molecule has 1 aliphatic heterocycles. The predicted octanol–water partition coefficient (Wildman–Crippen LogP) is 4.25. The summed E-state index contributed by atoms with van der Waals surface area (Å²) in [6.45, 7) is 2.50. The number of hydrazone groups is 1. The van der Waals surface area contributed by atoms with Gasteiger partial charge in [-0.15, -0.1) is 11.8 Å². The molecule has 3 aromatic rings. The normalized spacial score (nSPS) is 18.6. The highest BCUT2D eigenvalue weighted by atomic mass is 32.2. The first-order chi connectivity index (χ1) is 17.0. The molecule has 10 heteroatoms. The van der Waals surface area contributed by atoms with E-state index < -0.39 is 16.5 Å². The van der Waals surface area contributed by atoms with Crippen LogP contribution in [0.3, 0.4) is 0 Å². The highest BCUT2D eigenvalue weighted by Gasteiger charge is 2.31. The zero-order chi connectivity index (χ0) is 24.8. The molecule has 0 fully saturated rings. The first kappa shape index (κ1) is 24.9. The number of carbonyl (C=O) groups is 2. The molecule has 1 amide bonds. The molecular formula is C25H26N4O4S2. The fourth-order valence-corrected chi connectivity index (χ4v) is 5.43. The van der Waals surface area contributed by atoms with E-state index in [0.717, 1.165) is 35.1 Å². The van der Waals surface area contributed by atoms with Crippen LogP contribution in [0.25, 0.3) is 0 Å². The van der Waals surface area contributed by atoms with E-state index in [1.165, 1.54) is 0 Å². The van der Waals surface area contributed by atoms with E-state index in [1.54, 1.807) is 35.1 Å². The number of aromatic amines is 1. The summed E-state index contributed by atoms with van der Waals surface area (Å²) in [6, 6.07) is 18.4. The Morgan fingerprint density at radius 2 is 1.89 bits per heavy atom. The smallest absolute Gasteiger partial charge is 0.272 e. The lowest BCUT2D eigenvalue weighted by Gasteiger charge is -2.34. The van der Waals surface area contributed by atoms with Crippen molar-refractivity contribution in [3.8, 4) is 0 Å². The second kappa shape index (κ2) is 11.5. The molecule has 3 N–H and O–H groups in total. The van der Waals surface area contributed by atoms with Gasteiger partial charge in [0.25, 0.3) is 5.91 Å². The molecule has 4 rings (SSSR count). The fourth-order valence-electron chi connectivity index (χ4n) is 3.79. The highest BCUT2D eigenvalue weighted by Crippen LogP contribution is 2.32. The number of carbonyl (C=O) groups excluding carboxylic acids is 2. The summed E-state index contributed by atoms with van der Waals surface area (Å²) in [5.74, 6) is -0.133. The number of nitrogens with one attached hydrogen (secondary N) is 2. The second-order valence-electron chi connectivity index (χ2n) is 8.04. The molecule has 2 heterocycles. The number of benzene rings is 2. The van der Waals surface area contributed by atoms with Gasteiger partial charge in [0, 0.05) is 11.9 Å². The monoisotopic (exact) mass is 510 g/mol. The first-order valence-electron chi connectivity index (χ1n) is 11.1. The van der Waals surface area contributed by atoms with Crippen LogP contribution in [0.5, 0.6) is 0 Å². The maximum atomic E-state index is 12.2. The molecule has 0 saturated heterocycles. The van der Waals surface area contributed by atoms with Crippen molar-refractivity contribution < 1.29 is 18.4 Å². The number of H-pyrrole nitrogens is 1. The maximum absolute atomic E-state index is 12.2. The average molecular weight is 511 g/mol. The Morgan fingerprint density at radius 1 is 1.17 bits per heavy atom. The van der Waals surface area contributed by atoms with Gasteiger partial charge in [-0.3, -0.25) is 9.80 Å². The Bertz CT molecular complexity index is 1210. The number of anilines is 1. The van der Waals surface area contributed by atoms with E-state index in [2.05, 4.69) is 17.2 Å². The van der Waals surface area contributed by atoms with Crippen LogP contribution in [0.4, 0.5) is 5.69 Å². The van der Waals surface area contributed by atoms with Crippen molar-refractivity contribution in [1.29, 1.82) is 0 Å². The van der Waals surface area contributed by atoms with Crippen molar-refractivity contribution in [3.63, 3.8) is 0 Å². The van der Waals surface area contributed by atoms with Gasteiger partial charge >= 0.3 is 0 Å². The summed E-state index contributed by atoms with van der Waals surface area (Å²) in [5.41, 5.74) is 4.69. The standard InChI is InChI=1S/C25H26N4O4S2/c1-2-22-24(19-9-5-18(6-10-19)16-35(32)33)28-29(23(15-30)34-22)14-17-7-11-20(12-8-17)27-25(31)21-4-3-13-26-21/h3-13,15,22-23,26H,2,14,16H2,1H3,(H,27,31)(H,32,33). The largest absolute Gasteiger partial charge is 0.357 e. The van der Waals surface area contributed by atoms with E-state index in [-0.39, 0.29) is 16.9 Å². The van der Waals surface area contributed by atoms with Gasteiger partial charge in [0.15, 0.2) is 17.4 Å². The van der Waals surface area contributed by atoms with Gasteiger partial charge in [0.2, 0.25) is 0 Å². The molecular weight excluding hydrogens is 484 g/mol. The fraction of sp³-hybridized carbons (Fsp3) is 0.240. The summed E-state index contributed by atoms with van der Waals surface area (Å²) in [6.07, 6.45) is 3.43. The van der Waals surface area contributed by atoms with E-state index in [4.69, 9.17) is 9.65 Å². The number of rotatable bonds is 9. The molecule has 2 aromatic carbocycles. The number of aldehydes is 1. The van der Waals surface area contributed by atoms with Crippen LogP contribution >= 0.6 is 11.8 Å². The second-order valence-corrected chi connectivity index (χ2v) is 10.3. The van der Waals surface area contributed by atoms with Gasteiger partial charge in [-0.1, -0.05) is 43.3 Å². The third-order valence-corrected chi connectivity index (χ3v) is 7.66. The number of thioether (sulfide) groups is 1. The number of hydrogen-bond donors (Lipinski definition) is 3. The zero-order valence-corrected chi connectivity index (χ0v) is 20.7. The van der Waals surface area contributed by atoms with Crippen molar-refractivity contribution in [3.05, 3.63) is 89.2 Å². The van der Waals surface area contributed by atoms with Crippen molar-refractivity contribution in [2.45, 2.75) is 36.3 Å². The van der Waals surface area contributed by atoms with Crippen molar-refractivity contribution in [2.24, 2.45) is 5.10 Å². The molecule has 1 aromatic heterocycles. The molecule has 1 aliphatic rings. The lowest BCUT2D eigenvalue weighted by molar-refractivity contribution is -0.110. The third-order valence-electron chi connectivity index (χ3n) is 5.56. The molecule has 0 radical (unpaired) electrons. The molecule has 8 nitrogen and oxygen atoms in total. The van der Waals surface area contributed by atoms with Gasteiger partial charge in [-0.05, 0) is 47.4 Å². The van der Waals surface area contributed by atoms with E-state index >= 15 is 0 Å². The molecule has 0 spiro atoms. The lowest BCUT2D eigenvalue weighted by atomic mass is 10.0. The Kier molecular flexibility index (Phi) is 8.17. The van der Waals surface area contributed by atoms with Crippen LogP contribution in [0.15, 0.2) is 72.0 Å². The van der Waals surface area contributed by atoms with E-state index in [1.807, 2.05) is 48.5 Å². The number of hydrogen-bond acceptors (Lipinski definition) is 6. The Balaban J connectivity index is 1.51. The average Bonchev–Trinajstić information content (AvgIpc) is 3.40. The van der Waals surface area contributed by atoms with Crippen molar-refractivity contribution >= 4 is 46.4 Å². The Hall–Kier alpha value is -3.21. The maximum Gasteiger partial charge on any atom is 0.272 e. The minimum Gasteiger partial charge on any atom is -0.357 e. The third kappa shape index (κ3) is 6.27. The van der Waals surface area contributed by atoms with Crippen LogP contribution in [0.1, 0.15) is 40.5 Å². The van der Waals surface area contributed by atoms with Gasteiger partial charge in [0.05, 0.1) is 23.3 Å². The number of amides is 1. The van der Waals surface area contributed by atoms with Gasteiger partial charge in [0.1, 0.15) is 11.1 Å².